The van der Waals surface area contributed by atoms with E-state index in [0.29, 0.717) is 16.5 Å². The third-order valence-corrected chi connectivity index (χ3v) is 3.05. The maximum Gasteiger partial charge on any atom is 0.254 e. The van der Waals surface area contributed by atoms with Crippen molar-refractivity contribution in [3.8, 4) is 5.75 Å². The first kappa shape index (κ1) is 12.7. The molecule has 20 heavy (non-hydrogen) atoms. The predicted molar refractivity (Wildman–Crippen MR) is 75.7 cm³/mol. The summed E-state index contributed by atoms with van der Waals surface area (Å²) in [6, 6.07) is 9.04. The lowest BCUT2D eigenvalue weighted by molar-refractivity contribution is 0.219. The topological polar surface area (TPSA) is 78.3 Å². The van der Waals surface area contributed by atoms with Gasteiger partial charge in [-0.2, -0.15) is 9.50 Å². The molecule has 0 bridgehead atoms. The molecule has 0 amide bonds. The Kier molecular flexibility index (Phi) is 3.15. The van der Waals surface area contributed by atoms with Crippen molar-refractivity contribution in [1.29, 1.82) is 0 Å². The van der Waals surface area contributed by atoms with Gasteiger partial charge in [0, 0.05) is 11.2 Å². The fourth-order valence-electron chi connectivity index (χ4n) is 1.94. The molecule has 0 saturated carbocycles. The summed E-state index contributed by atoms with van der Waals surface area (Å²) in [6.07, 6.45) is 1.40. The molecule has 2 N–H and O–H groups in total. The van der Waals surface area contributed by atoms with Crippen LogP contribution in [0.5, 0.6) is 5.75 Å². The van der Waals surface area contributed by atoms with Crippen molar-refractivity contribution in [2.45, 2.75) is 13.0 Å². The lowest BCUT2D eigenvalue weighted by atomic mass is 10.2. The summed E-state index contributed by atoms with van der Waals surface area (Å²) in [6.45, 7) is 1.91. The van der Waals surface area contributed by atoms with Crippen LogP contribution in [-0.2, 0) is 0 Å². The molecule has 1 aromatic carbocycles. The number of aromatic nitrogens is 4. The minimum atomic E-state index is -0.250. The van der Waals surface area contributed by atoms with Crippen LogP contribution in [0, 0.1) is 0 Å². The number of hydrogen-bond acceptors (Lipinski definition) is 5. The first-order chi connectivity index (χ1) is 9.63. The second-order valence-electron chi connectivity index (χ2n) is 4.27. The minimum Gasteiger partial charge on any atom is -0.484 e. The van der Waals surface area contributed by atoms with Crippen LogP contribution in [-0.4, -0.2) is 19.6 Å². The van der Waals surface area contributed by atoms with Crippen LogP contribution in [0.1, 0.15) is 18.7 Å². The molecule has 0 aliphatic heterocycles. The maximum atomic E-state index is 5.94. The van der Waals surface area contributed by atoms with E-state index < -0.39 is 0 Å². The molecule has 0 spiro atoms. The summed E-state index contributed by atoms with van der Waals surface area (Å²) in [4.78, 5) is 8.12. The molecule has 6 nitrogen and oxygen atoms in total. The van der Waals surface area contributed by atoms with E-state index in [1.54, 1.807) is 22.8 Å². The number of ether oxygens (including phenoxy) is 1. The first-order valence-electron chi connectivity index (χ1n) is 6.03. The highest BCUT2D eigenvalue weighted by Gasteiger charge is 2.14. The summed E-state index contributed by atoms with van der Waals surface area (Å²) >= 11 is 5.94. The molecular weight excluding hydrogens is 278 g/mol. The van der Waals surface area contributed by atoms with Crippen molar-refractivity contribution in [2.24, 2.45) is 0 Å². The number of benzene rings is 1. The summed E-state index contributed by atoms with van der Waals surface area (Å²) in [5.74, 6) is 1.31. The van der Waals surface area contributed by atoms with Gasteiger partial charge in [0.1, 0.15) is 11.9 Å². The summed E-state index contributed by atoms with van der Waals surface area (Å²) in [7, 11) is 0. The molecule has 2 aromatic heterocycles. The van der Waals surface area contributed by atoms with E-state index in [0.717, 1.165) is 5.69 Å². The van der Waals surface area contributed by atoms with Crippen LogP contribution >= 0.6 is 11.6 Å². The second kappa shape index (κ2) is 4.97. The van der Waals surface area contributed by atoms with Gasteiger partial charge in [0.25, 0.3) is 5.78 Å². The van der Waals surface area contributed by atoms with Gasteiger partial charge < -0.3 is 10.5 Å². The van der Waals surface area contributed by atoms with Crippen LogP contribution in [0.15, 0.2) is 36.5 Å². The van der Waals surface area contributed by atoms with Crippen molar-refractivity contribution >= 4 is 23.3 Å². The van der Waals surface area contributed by atoms with Crippen molar-refractivity contribution in [1.82, 2.24) is 19.6 Å². The van der Waals surface area contributed by atoms with Crippen molar-refractivity contribution in [2.75, 3.05) is 5.73 Å². The smallest absolute Gasteiger partial charge is 0.254 e. The summed E-state index contributed by atoms with van der Waals surface area (Å²) < 4.78 is 7.43. The first-order valence-corrected chi connectivity index (χ1v) is 6.40. The Balaban J connectivity index is 1.94. The molecule has 102 valence electrons. The average molecular weight is 290 g/mol. The number of nitrogen functional groups attached to an aromatic ring is 1. The zero-order valence-electron chi connectivity index (χ0n) is 10.7. The molecule has 1 unspecified atom stereocenters. The van der Waals surface area contributed by atoms with Crippen molar-refractivity contribution in [3.63, 3.8) is 0 Å². The average Bonchev–Trinajstić information content (AvgIpc) is 2.78. The van der Waals surface area contributed by atoms with Crippen LogP contribution in [0.2, 0.25) is 5.02 Å². The van der Waals surface area contributed by atoms with E-state index in [4.69, 9.17) is 22.1 Å². The largest absolute Gasteiger partial charge is 0.484 e. The standard InChI is InChI=1S/C13H12ClN5O/c1-8(20-10-4-2-3-9(14)7-10)11-5-6-16-13-17-12(15)18-19(11)13/h2-8H,1H3,(H2,15,18). The molecule has 0 aliphatic rings. The Morgan fingerprint density at radius 1 is 1.35 bits per heavy atom. The Morgan fingerprint density at radius 3 is 3.00 bits per heavy atom. The Morgan fingerprint density at radius 2 is 2.20 bits per heavy atom. The highest BCUT2D eigenvalue weighted by atomic mass is 35.5. The molecule has 2 heterocycles. The van der Waals surface area contributed by atoms with Crippen molar-refractivity contribution < 1.29 is 4.74 Å². The van der Waals surface area contributed by atoms with Gasteiger partial charge in [0.2, 0.25) is 5.95 Å². The van der Waals surface area contributed by atoms with Gasteiger partial charge in [-0.05, 0) is 31.2 Å². The van der Waals surface area contributed by atoms with Gasteiger partial charge in [-0.25, -0.2) is 4.98 Å². The lowest BCUT2D eigenvalue weighted by Gasteiger charge is -2.15. The zero-order chi connectivity index (χ0) is 14.1. The van der Waals surface area contributed by atoms with E-state index in [1.165, 1.54) is 0 Å². The monoisotopic (exact) mass is 289 g/mol. The Labute approximate surface area is 120 Å². The van der Waals surface area contributed by atoms with Crippen LogP contribution in [0.4, 0.5) is 5.95 Å². The SMILES string of the molecule is CC(Oc1cccc(Cl)c1)c1ccnc2nc(N)nn12. The Hall–Kier alpha value is -2.34. The minimum absolute atomic E-state index is 0.180. The second-order valence-corrected chi connectivity index (χ2v) is 4.71. The molecule has 0 radical (unpaired) electrons. The molecule has 1 atom stereocenters. The van der Waals surface area contributed by atoms with Crippen LogP contribution in [0.3, 0.4) is 0 Å². The molecule has 3 rings (SSSR count). The third kappa shape index (κ3) is 2.37. The zero-order valence-corrected chi connectivity index (χ0v) is 11.4. The predicted octanol–water partition coefficient (Wildman–Crippen LogP) is 2.50. The van der Waals surface area contributed by atoms with Gasteiger partial charge in [-0.1, -0.05) is 17.7 Å². The highest BCUT2D eigenvalue weighted by Crippen LogP contribution is 2.24. The van der Waals surface area contributed by atoms with E-state index in [-0.39, 0.29) is 12.1 Å². The number of nitrogens with zero attached hydrogens (tertiary/aromatic N) is 4. The molecule has 0 fully saturated rings. The lowest BCUT2D eigenvalue weighted by Crippen LogP contribution is -2.10. The normalized spacial score (nSPS) is 12.5. The fraction of sp³-hybridized carbons (Fsp3) is 0.154. The number of nitrogens with two attached hydrogens (primary N) is 1. The molecule has 3 aromatic rings. The van der Waals surface area contributed by atoms with Gasteiger partial charge in [0.15, 0.2) is 0 Å². The van der Waals surface area contributed by atoms with Crippen LogP contribution < -0.4 is 10.5 Å². The number of fused-ring (bicyclic) bond motifs is 1. The van der Waals surface area contributed by atoms with E-state index in [2.05, 4.69) is 15.1 Å². The molecule has 7 heteroatoms. The van der Waals surface area contributed by atoms with Gasteiger partial charge in [-0.3, -0.25) is 0 Å². The Bertz CT molecular complexity index is 757. The molecular formula is C13H12ClN5O. The van der Waals surface area contributed by atoms with Crippen molar-refractivity contribution in [3.05, 3.63) is 47.2 Å². The maximum absolute atomic E-state index is 5.94. The summed E-state index contributed by atoms with van der Waals surface area (Å²) in [5, 5.41) is 4.73. The fourth-order valence-corrected chi connectivity index (χ4v) is 2.12. The van der Waals surface area contributed by atoms with E-state index in [1.807, 2.05) is 25.1 Å². The quantitative estimate of drug-likeness (QED) is 0.801. The van der Waals surface area contributed by atoms with Gasteiger partial charge >= 0.3 is 0 Å². The van der Waals surface area contributed by atoms with Gasteiger partial charge in [-0.15, -0.1) is 5.10 Å². The number of halogens is 1. The van der Waals surface area contributed by atoms with E-state index in [9.17, 15) is 0 Å². The van der Waals surface area contributed by atoms with E-state index >= 15 is 0 Å². The van der Waals surface area contributed by atoms with Crippen LogP contribution in [0.25, 0.3) is 5.78 Å². The van der Waals surface area contributed by atoms with Gasteiger partial charge in [0.05, 0.1) is 5.69 Å². The number of anilines is 1. The number of hydrogen-bond donors (Lipinski definition) is 1. The summed E-state index contributed by atoms with van der Waals surface area (Å²) in [5.41, 5.74) is 6.40. The third-order valence-electron chi connectivity index (χ3n) is 2.81. The molecule has 0 aliphatic carbocycles. The molecule has 0 saturated heterocycles. The number of rotatable bonds is 3. The highest BCUT2D eigenvalue weighted by molar-refractivity contribution is 6.30.